The van der Waals surface area contributed by atoms with Gasteiger partial charge in [-0.2, -0.15) is 0 Å². The zero-order valence-electron chi connectivity index (χ0n) is 22.6. The molecule has 0 aromatic heterocycles. The Bertz CT molecular complexity index is 1010. The predicted molar refractivity (Wildman–Crippen MR) is 141 cm³/mol. The summed E-state index contributed by atoms with van der Waals surface area (Å²) in [6.07, 6.45) is -1.02. The zero-order chi connectivity index (χ0) is 27.5. The molecule has 0 aliphatic carbocycles. The van der Waals surface area contributed by atoms with Crippen LogP contribution in [0.15, 0.2) is 54.6 Å². The predicted octanol–water partition coefficient (Wildman–Crippen LogP) is 4.34. The first-order valence-electron chi connectivity index (χ1n) is 12.3. The van der Waals surface area contributed by atoms with Gasteiger partial charge in [0.1, 0.15) is 29.6 Å². The first kappa shape index (κ1) is 29.5. The van der Waals surface area contributed by atoms with E-state index in [1.807, 2.05) is 54.6 Å². The van der Waals surface area contributed by atoms with E-state index < -0.39 is 35.3 Å². The molecule has 9 nitrogen and oxygen atoms in total. The number of carbonyl (C=O) groups is 3. The van der Waals surface area contributed by atoms with Gasteiger partial charge in [-0.3, -0.25) is 4.79 Å². The van der Waals surface area contributed by atoms with Gasteiger partial charge in [-0.05, 0) is 64.8 Å². The maximum Gasteiger partial charge on any atom is 0.408 e. The molecule has 202 valence electrons. The Morgan fingerprint density at radius 3 is 1.89 bits per heavy atom. The van der Waals surface area contributed by atoms with Crippen LogP contribution in [-0.4, -0.2) is 48.4 Å². The van der Waals surface area contributed by atoms with Gasteiger partial charge in [0, 0.05) is 19.5 Å². The van der Waals surface area contributed by atoms with Gasteiger partial charge in [0.2, 0.25) is 5.91 Å². The third-order valence-corrected chi connectivity index (χ3v) is 4.71. The number of hydrogen-bond donors (Lipinski definition) is 3. The van der Waals surface area contributed by atoms with Gasteiger partial charge >= 0.3 is 12.2 Å². The number of amides is 3. The summed E-state index contributed by atoms with van der Waals surface area (Å²) in [6, 6.07) is 16.3. The summed E-state index contributed by atoms with van der Waals surface area (Å²) in [7, 11) is 0. The number of carbonyl (C=O) groups excluding carboxylic acids is 3. The van der Waals surface area contributed by atoms with E-state index in [1.165, 1.54) is 0 Å². The fraction of sp³-hybridized carbons (Fsp3) is 0.464. The molecular weight excluding hydrogens is 474 g/mol. The minimum atomic E-state index is -0.882. The molecule has 3 N–H and O–H groups in total. The minimum Gasteiger partial charge on any atom is -0.489 e. The van der Waals surface area contributed by atoms with Crippen molar-refractivity contribution >= 4 is 18.1 Å². The fourth-order valence-corrected chi connectivity index (χ4v) is 3.15. The van der Waals surface area contributed by atoms with Gasteiger partial charge in [-0.25, -0.2) is 9.59 Å². The first-order valence-corrected chi connectivity index (χ1v) is 12.3. The molecule has 0 saturated heterocycles. The van der Waals surface area contributed by atoms with Crippen LogP contribution in [0, 0.1) is 0 Å². The Balaban J connectivity index is 1.95. The normalized spacial score (nSPS) is 12.2. The van der Waals surface area contributed by atoms with Crippen molar-refractivity contribution in [1.29, 1.82) is 0 Å². The average molecular weight is 514 g/mol. The Morgan fingerprint density at radius 1 is 0.730 bits per heavy atom. The van der Waals surface area contributed by atoms with Crippen LogP contribution in [0.2, 0.25) is 0 Å². The molecule has 0 bridgehead atoms. The van der Waals surface area contributed by atoms with Crippen LogP contribution in [0.25, 0.3) is 0 Å². The van der Waals surface area contributed by atoms with E-state index >= 15 is 0 Å². The van der Waals surface area contributed by atoms with Crippen molar-refractivity contribution in [2.75, 3.05) is 13.1 Å². The Labute approximate surface area is 219 Å². The highest BCUT2D eigenvalue weighted by atomic mass is 16.6. The average Bonchev–Trinajstić information content (AvgIpc) is 2.79. The van der Waals surface area contributed by atoms with Crippen LogP contribution in [0.5, 0.6) is 5.75 Å². The second kappa shape index (κ2) is 13.5. The van der Waals surface area contributed by atoms with Crippen molar-refractivity contribution < 1.29 is 28.6 Å². The highest BCUT2D eigenvalue weighted by Gasteiger charge is 2.25. The van der Waals surface area contributed by atoms with Gasteiger partial charge in [-0.1, -0.05) is 42.5 Å². The minimum absolute atomic E-state index is 0.164. The second-order valence-corrected chi connectivity index (χ2v) is 10.5. The molecule has 2 rings (SSSR count). The number of rotatable bonds is 10. The summed E-state index contributed by atoms with van der Waals surface area (Å²) in [5.74, 6) is 0.295. The molecule has 3 amide bonds. The van der Waals surface area contributed by atoms with Gasteiger partial charge in [0.25, 0.3) is 0 Å². The molecule has 2 aromatic rings. The van der Waals surface area contributed by atoms with Crippen LogP contribution >= 0.6 is 0 Å². The first-order chi connectivity index (χ1) is 17.3. The van der Waals surface area contributed by atoms with Crippen LogP contribution in [-0.2, 0) is 27.3 Å². The molecule has 0 spiro atoms. The van der Waals surface area contributed by atoms with Gasteiger partial charge in [-0.15, -0.1) is 0 Å². The highest BCUT2D eigenvalue weighted by Crippen LogP contribution is 2.16. The molecule has 37 heavy (non-hydrogen) atoms. The number of alkyl carbamates (subject to hydrolysis) is 2. The smallest absolute Gasteiger partial charge is 0.408 e. The van der Waals surface area contributed by atoms with E-state index in [0.717, 1.165) is 11.1 Å². The summed E-state index contributed by atoms with van der Waals surface area (Å²) in [5.41, 5.74) is 0.569. The lowest BCUT2D eigenvalue weighted by Gasteiger charge is -2.23. The molecule has 9 heteroatoms. The second-order valence-electron chi connectivity index (χ2n) is 10.5. The lowest BCUT2D eigenvalue weighted by Crippen LogP contribution is -2.50. The molecule has 1 atom stereocenters. The highest BCUT2D eigenvalue weighted by molar-refractivity contribution is 5.86. The van der Waals surface area contributed by atoms with Crippen molar-refractivity contribution in [1.82, 2.24) is 16.0 Å². The van der Waals surface area contributed by atoms with Crippen molar-refractivity contribution in [2.45, 2.75) is 71.8 Å². The topological polar surface area (TPSA) is 115 Å². The van der Waals surface area contributed by atoms with Crippen molar-refractivity contribution in [3.8, 4) is 5.75 Å². The Morgan fingerprint density at radius 2 is 1.30 bits per heavy atom. The maximum atomic E-state index is 12.9. The van der Waals surface area contributed by atoms with E-state index in [0.29, 0.717) is 12.4 Å². The van der Waals surface area contributed by atoms with Gasteiger partial charge < -0.3 is 30.2 Å². The van der Waals surface area contributed by atoms with Crippen LogP contribution < -0.4 is 20.7 Å². The van der Waals surface area contributed by atoms with E-state index in [-0.39, 0.29) is 19.5 Å². The molecule has 1 unspecified atom stereocenters. The number of nitrogens with one attached hydrogen (secondary N) is 3. The van der Waals surface area contributed by atoms with Crippen molar-refractivity contribution in [2.24, 2.45) is 0 Å². The molecule has 0 radical (unpaired) electrons. The zero-order valence-corrected chi connectivity index (χ0v) is 22.6. The molecule has 0 heterocycles. The fourth-order valence-electron chi connectivity index (χ4n) is 3.15. The SMILES string of the molecule is CC(C)(C)OC(=O)NCCNC(=O)C(Cc1ccc(OCc2ccccc2)cc1)NC(=O)OC(C)(C)C. The number of benzene rings is 2. The van der Waals surface area contributed by atoms with E-state index in [4.69, 9.17) is 14.2 Å². The van der Waals surface area contributed by atoms with Gasteiger partial charge in [0.15, 0.2) is 0 Å². The van der Waals surface area contributed by atoms with E-state index in [2.05, 4.69) is 16.0 Å². The molecule has 0 aliphatic heterocycles. The third-order valence-electron chi connectivity index (χ3n) is 4.71. The lowest BCUT2D eigenvalue weighted by molar-refractivity contribution is -0.123. The van der Waals surface area contributed by atoms with Crippen LogP contribution in [0.4, 0.5) is 9.59 Å². The van der Waals surface area contributed by atoms with Crippen molar-refractivity contribution in [3.05, 3.63) is 65.7 Å². The van der Waals surface area contributed by atoms with E-state index in [9.17, 15) is 14.4 Å². The summed E-state index contributed by atoms with van der Waals surface area (Å²) >= 11 is 0. The Hall–Kier alpha value is -3.75. The summed E-state index contributed by atoms with van der Waals surface area (Å²) in [6.45, 7) is 11.3. The van der Waals surface area contributed by atoms with Crippen molar-refractivity contribution in [3.63, 3.8) is 0 Å². The molecule has 0 aliphatic rings. The number of hydrogen-bond acceptors (Lipinski definition) is 6. The molecular formula is C28H39N3O6. The lowest BCUT2D eigenvalue weighted by atomic mass is 10.1. The van der Waals surface area contributed by atoms with Crippen LogP contribution in [0.3, 0.4) is 0 Å². The summed E-state index contributed by atoms with van der Waals surface area (Å²) in [4.78, 5) is 37.1. The molecule has 0 saturated carbocycles. The van der Waals surface area contributed by atoms with Gasteiger partial charge in [0.05, 0.1) is 0 Å². The Kier molecular flexibility index (Phi) is 10.8. The molecule has 2 aromatic carbocycles. The molecule has 0 fully saturated rings. The summed E-state index contributed by atoms with van der Waals surface area (Å²) < 4.78 is 16.3. The van der Waals surface area contributed by atoms with E-state index in [1.54, 1.807) is 41.5 Å². The summed E-state index contributed by atoms with van der Waals surface area (Å²) in [5, 5.41) is 7.97. The standard InChI is InChI=1S/C28H39N3O6/c1-27(2,3)36-25(33)30-17-16-29-24(32)23(31-26(34)37-28(4,5)6)18-20-12-14-22(15-13-20)35-19-21-10-8-7-9-11-21/h7-15,23H,16-19H2,1-6H3,(H,29,32)(H,30,33)(H,31,34). The quantitative estimate of drug-likeness (QED) is 0.407. The van der Waals surface area contributed by atoms with Crippen LogP contribution in [0.1, 0.15) is 52.7 Å². The monoisotopic (exact) mass is 513 g/mol. The maximum absolute atomic E-state index is 12.9. The third kappa shape index (κ3) is 12.7. The number of ether oxygens (including phenoxy) is 3. The largest absolute Gasteiger partial charge is 0.489 e.